The first-order valence-electron chi connectivity index (χ1n) is 4.65. The highest BCUT2D eigenvalue weighted by atomic mass is 16.6. The van der Waals surface area contributed by atoms with E-state index >= 15 is 0 Å². The minimum Gasteiger partial charge on any atom is -0.379 e. The third-order valence-electron chi connectivity index (χ3n) is 3.25. The van der Waals surface area contributed by atoms with Crippen LogP contribution in [0.2, 0.25) is 0 Å². The van der Waals surface area contributed by atoms with Crippen molar-refractivity contribution >= 4 is 12.6 Å². The van der Waals surface area contributed by atoms with E-state index in [2.05, 4.69) is 10.1 Å². The molecule has 2 aliphatic carbocycles. The highest BCUT2D eigenvalue weighted by molar-refractivity contribution is 5.74. The molecule has 2 aliphatic rings. The topological polar surface area (TPSA) is 55.4 Å². The number of rotatable bonds is 2. The Kier molecular flexibility index (Phi) is 1.98. The molecule has 72 valence electrons. The number of nitrogens with one attached hydrogen (secondary N) is 1. The molecule has 0 bridgehead atoms. The van der Waals surface area contributed by atoms with Gasteiger partial charge >= 0.3 is 12.6 Å². The fourth-order valence-electron chi connectivity index (χ4n) is 2.42. The van der Waals surface area contributed by atoms with E-state index in [0.29, 0.717) is 5.41 Å². The maximum absolute atomic E-state index is 10.8. The minimum atomic E-state index is -0.617. The Balaban J connectivity index is 1.68. The zero-order valence-corrected chi connectivity index (χ0v) is 7.41. The molecule has 0 aliphatic heterocycles. The smallest absolute Gasteiger partial charge is 0.379 e. The molecule has 1 spiro atoms. The summed E-state index contributed by atoms with van der Waals surface area (Å²) in [5.74, 6) is 0. The van der Waals surface area contributed by atoms with Crippen molar-refractivity contribution in [3.05, 3.63) is 0 Å². The fraction of sp³-hybridized carbons (Fsp3) is 0.778. The van der Waals surface area contributed by atoms with Crippen molar-refractivity contribution in [3.63, 3.8) is 0 Å². The van der Waals surface area contributed by atoms with Crippen LogP contribution in [0.15, 0.2) is 0 Å². The first-order valence-corrected chi connectivity index (χ1v) is 4.65. The predicted octanol–water partition coefficient (Wildman–Crippen LogP) is 1.20. The van der Waals surface area contributed by atoms with Crippen molar-refractivity contribution in [2.45, 2.75) is 38.1 Å². The van der Waals surface area contributed by atoms with E-state index in [1.165, 1.54) is 19.3 Å². The molecule has 0 heterocycles. The largest absolute Gasteiger partial charge is 0.414 e. The summed E-state index contributed by atoms with van der Waals surface area (Å²) in [6.45, 7) is 0.160. The molecule has 0 atom stereocenters. The normalized spacial score (nSPS) is 24.3. The maximum Gasteiger partial charge on any atom is 0.414 e. The van der Waals surface area contributed by atoms with Gasteiger partial charge in [0.05, 0.1) is 0 Å². The van der Waals surface area contributed by atoms with Crippen LogP contribution in [0.1, 0.15) is 32.1 Å². The number of carbonyl (C=O) groups is 2. The van der Waals surface area contributed by atoms with E-state index in [1.807, 2.05) is 0 Å². The summed E-state index contributed by atoms with van der Waals surface area (Å²) in [5.41, 5.74) is 0.541. The van der Waals surface area contributed by atoms with Crippen LogP contribution in [-0.2, 0) is 9.53 Å². The van der Waals surface area contributed by atoms with E-state index in [0.717, 1.165) is 12.8 Å². The van der Waals surface area contributed by atoms with E-state index in [9.17, 15) is 9.59 Å². The van der Waals surface area contributed by atoms with Gasteiger partial charge in [-0.05, 0) is 31.1 Å². The van der Waals surface area contributed by atoms with E-state index in [1.54, 1.807) is 0 Å². The standard InChI is InChI=1S/C9H13NO3/c11-6-13-8(12)10-7-4-9(5-7)2-1-3-9/h6-7H,1-5H2,(H,10,12). The Morgan fingerprint density at radius 2 is 2.15 bits per heavy atom. The fourth-order valence-corrected chi connectivity index (χ4v) is 2.42. The molecular weight excluding hydrogens is 170 g/mol. The lowest BCUT2D eigenvalue weighted by Gasteiger charge is -2.54. The first kappa shape index (κ1) is 8.53. The van der Waals surface area contributed by atoms with E-state index < -0.39 is 6.09 Å². The Labute approximate surface area is 76.6 Å². The van der Waals surface area contributed by atoms with Crippen LogP contribution >= 0.6 is 0 Å². The summed E-state index contributed by atoms with van der Waals surface area (Å²) in [6, 6.07) is 0.229. The van der Waals surface area contributed by atoms with Crippen molar-refractivity contribution in [2.75, 3.05) is 0 Å². The Morgan fingerprint density at radius 3 is 2.62 bits per heavy atom. The van der Waals surface area contributed by atoms with Crippen LogP contribution in [0.5, 0.6) is 0 Å². The van der Waals surface area contributed by atoms with Crippen molar-refractivity contribution < 1.29 is 14.3 Å². The van der Waals surface area contributed by atoms with Gasteiger partial charge in [0.15, 0.2) is 0 Å². The summed E-state index contributed by atoms with van der Waals surface area (Å²) in [6.07, 6.45) is 5.42. The third kappa shape index (κ3) is 1.53. The second-order valence-electron chi connectivity index (χ2n) is 4.10. The van der Waals surface area contributed by atoms with Crippen LogP contribution in [0.4, 0.5) is 4.79 Å². The van der Waals surface area contributed by atoms with Gasteiger partial charge < -0.3 is 10.1 Å². The van der Waals surface area contributed by atoms with Gasteiger partial charge in [-0.3, -0.25) is 4.79 Å². The molecule has 0 saturated heterocycles. The van der Waals surface area contributed by atoms with Crippen molar-refractivity contribution in [2.24, 2.45) is 5.41 Å². The number of hydrogen-bond donors (Lipinski definition) is 1. The molecule has 0 aromatic rings. The van der Waals surface area contributed by atoms with Crippen LogP contribution in [-0.4, -0.2) is 18.6 Å². The zero-order chi connectivity index (χ0) is 9.31. The molecular formula is C9H13NO3. The molecule has 2 rings (SSSR count). The second kappa shape index (κ2) is 3.01. The zero-order valence-electron chi connectivity index (χ0n) is 7.41. The molecule has 2 saturated carbocycles. The number of amides is 1. The second-order valence-corrected chi connectivity index (χ2v) is 4.10. The van der Waals surface area contributed by atoms with Gasteiger partial charge in [0.2, 0.25) is 0 Å². The van der Waals surface area contributed by atoms with E-state index in [4.69, 9.17) is 0 Å². The molecule has 0 radical (unpaired) electrons. The molecule has 0 aromatic carbocycles. The molecule has 1 amide bonds. The summed E-state index contributed by atoms with van der Waals surface area (Å²) >= 11 is 0. The van der Waals surface area contributed by atoms with Crippen molar-refractivity contribution in [1.29, 1.82) is 0 Å². The van der Waals surface area contributed by atoms with Crippen LogP contribution in [0, 0.1) is 5.41 Å². The van der Waals surface area contributed by atoms with Crippen LogP contribution in [0.25, 0.3) is 0 Å². The Bertz CT molecular complexity index is 227. The molecule has 0 unspecified atom stereocenters. The molecule has 4 nitrogen and oxygen atoms in total. The van der Waals surface area contributed by atoms with Gasteiger partial charge in [0.25, 0.3) is 0 Å². The monoisotopic (exact) mass is 183 g/mol. The SMILES string of the molecule is O=COC(=O)NC1CC2(CCC2)C1. The van der Waals surface area contributed by atoms with Crippen LogP contribution in [0.3, 0.4) is 0 Å². The number of ether oxygens (including phenoxy) is 1. The number of alkyl carbamates (subject to hydrolysis) is 1. The summed E-state index contributed by atoms with van der Waals surface area (Å²) in [4.78, 5) is 20.6. The summed E-state index contributed by atoms with van der Waals surface area (Å²) in [5, 5.41) is 2.65. The van der Waals surface area contributed by atoms with Crippen molar-refractivity contribution in [3.8, 4) is 0 Å². The lowest BCUT2D eigenvalue weighted by atomic mass is 9.54. The lowest BCUT2D eigenvalue weighted by Crippen LogP contribution is -2.53. The quantitative estimate of drug-likeness (QED) is 0.517. The highest BCUT2D eigenvalue weighted by Gasteiger charge is 2.48. The van der Waals surface area contributed by atoms with Gasteiger partial charge in [-0.1, -0.05) is 6.42 Å². The molecule has 13 heavy (non-hydrogen) atoms. The summed E-state index contributed by atoms with van der Waals surface area (Å²) < 4.78 is 4.14. The number of hydrogen-bond acceptors (Lipinski definition) is 3. The Hall–Kier alpha value is -1.06. The van der Waals surface area contributed by atoms with Gasteiger partial charge in [-0.2, -0.15) is 0 Å². The van der Waals surface area contributed by atoms with Gasteiger partial charge in [-0.15, -0.1) is 0 Å². The molecule has 4 heteroatoms. The molecule has 0 aromatic heterocycles. The molecule has 2 fully saturated rings. The number of carbonyl (C=O) groups excluding carboxylic acids is 2. The summed E-state index contributed by atoms with van der Waals surface area (Å²) in [7, 11) is 0. The van der Waals surface area contributed by atoms with E-state index in [-0.39, 0.29) is 12.5 Å². The average Bonchev–Trinajstić information content (AvgIpc) is 1.92. The Morgan fingerprint density at radius 1 is 1.46 bits per heavy atom. The third-order valence-corrected chi connectivity index (χ3v) is 3.25. The first-order chi connectivity index (χ1) is 6.24. The maximum atomic E-state index is 10.8. The average molecular weight is 183 g/mol. The van der Waals surface area contributed by atoms with Gasteiger partial charge in [-0.25, -0.2) is 4.79 Å². The minimum absolute atomic E-state index is 0.160. The predicted molar refractivity (Wildman–Crippen MR) is 45.0 cm³/mol. The highest BCUT2D eigenvalue weighted by Crippen LogP contribution is 2.55. The van der Waals surface area contributed by atoms with Crippen molar-refractivity contribution in [1.82, 2.24) is 5.32 Å². The molecule has 1 N–H and O–H groups in total. The van der Waals surface area contributed by atoms with Crippen LogP contribution < -0.4 is 5.32 Å². The van der Waals surface area contributed by atoms with Gasteiger partial charge in [0.1, 0.15) is 0 Å². The lowest BCUT2D eigenvalue weighted by molar-refractivity contribution is -0.123. The van der Waals surface area contributed by atoms with Gasteiger partial charge in [0, 0.05) is 6.04 Å².